The number of hydrogen-bond donors (Lipinski definition) is 0. The van der Waals surface area contributed by atoms with E-state index in [1.165, 1.54) is 0 Å². The first-order valence-electron chi connectivity index (χ1n) is 16.2. The molecule has 2 aliphatic rings. The molecule has 2 rings (SSSR count). The van der Waals surface area contributed by atoms with Gasteiger partial charge in [0, 0.05) is 64.2 Å². The predicted molar refractivity (Wildman–Crippen MR) is 163 cm³/mol. The molecule has 0 aliphatic carbocycles. The Kier molecular flexibility index (Phi) is 17.8. The van der Waals surface area contributed by atoms with Crippen LogP contribution in [0, 0.1) is 0 Å². The highest BCUT2D eigenvalue weighted by Gasteiger charge is 2.34. The SMILES string of the molecule is CC.CC(C)(CCOC(=O)CCCCC(=O)ON1C(=O)CCC1=O)OCCC(C)(C)OC(=O)CCCCC(=O)ON1C(=O)CCC1=O. The fraction of sp³-hybridized carbons (Fsp3) is 0.750. The van der Waals surface area contributed by atoms with Gasteiger partial charge in [-0.05, 0) is 53.4 Å². The first-order chi connectivity index (χ1) is 22.1. The number of nitrogens with zero attached hydrogens (tertiary/aromatic N) is 2. The minimum Gasteiger partial charge on any atom is -0.466 e. The molecule has 0 aromatic carbocycles. The highest BCUT2D eigenvalue weighted by molar-refractivity contribution is 6.02. The molecule has 0 N–H and O–H groups in total. The highest BCUT2D eigenvalue weighted by Crippen LogP contribution is 2.21. The molecule has 0 aromatic rings. The average Bonchev–Trinajstić information content (AvgIpc) is 3.48. The largest absolute Gasteiger partial charge is 0.466 e. The fourth-order valence-corrected chi connectivity index (χ4v) is 4.23. The summed E-state index contributed by atoms with van der Waals surface area (Å²) in [5.41, 5.74) is -1.42. The van der Waals surface area contributed by atoms with E-state index in [0.717, 1.165) is 0 Å². The molecule has 2 aliphatic heterocycles. The molecule has 0 bridgehead atoms. The summed E-state index contributed by atoms with van der Waals surface area (Å²) in [5, 5.41) is 0.990. The average molecular weight is 671 g/mol. The number of ether oxygens (including phenoxy) is 3. The second-order valence-corrected chi connectivity index (χ2v) is 12.1. The summed E-state index contributed by atoms with van der Waals surface area (Å²) in [6.07, 6.45) is 2.41. The fourth-order valence-electron chi connectivity index (χ4n) is 4.23. The zero-order valence-corrected chi connectivity index (χ0v) is 28.5. The van der Waals surface area contributed by atoms with Gasteiger partial charge in [-0.15, -0.1) is 10.1 Å². The van der Waals surface area contributed by atoms with Crippen molar-refractivity contribution in [3.05, 3.63) is 0 Å². The van der Waals surface area contributed by atoms with Gasteiger partial charge in [0.1, 0.15) is 5.60 Å². The third kappa shape index (κ3) is 16.5. The van der Waals surface area contributed by atoms with Crippen LogP contribution in [0.2, 0.25) is 0 Å². The molecule has 0 atom stereocenters. The number of amides is 4. The van der Waals surface area contributed by atoms with Gasteiger partial charge < -0.3 is 23.9 Å². The number of esters is 2. The van der Waals surface area contributed by atoms with Crippen molar-refractivity contribution in [3.63, 3.8) is 0 Å². The van der Waals surface area contributed by atoms with E-state index in [1.807, 2.05) is 27.7 Å². The van der Waals surface area contributed by atoms with Gasteiger partial charge in [-0.3, -0.25) is 28.8 Å². The summed E-state index contributed by atoms with van der Waals surface area (Å²) in [4.78, 5) is 103. The molecule has 2 saturated heterocycles. The Morgan fingerprint density at radius 3 is 1.34 bits per heavy atom. The summed E-state index contributed by atoms with van der Waals surface area (Å²) < 4.78 is 16.7. The van der Waals surface area contributed by atoms with Gasteiger partial charge >= 0.3 is 23.9 Å². The van der Waals surface area contributed by atoms with Crippen molar-refractivity contribution < 1.29 is 62.2 Å². The molecule has 0 radical (unpaired) electrons. The van der Waals surface area contributed by atoms with Crippen molar-refractivity contribution in [2.75, 3.05) is 13.2 Å². The standard InChI is InChI=1S/C30H44N2O13.C2H6/c1-29(2,17-19-41-25(37)9-5-7-11-27(39)44-31-21(33)13-14-22(31)34)42-20-18-30(3,4)43-26(38)10-6-8-12-28(40)45-32-23(35)15-16-24(32)36;1-2/h5-20H2,1-4H3;1-2H3. The molecule has 0 aromatic heterocycles. The molecule has 0 saturated carbocycles. The lowest BCUT2D eigenvalue weighted by Crippen LogP contribution is -2.33. The lowest BCUT2D eigenvalue weighted by atomic mass is 10.0. The minimum absolute atomic E-state index is 0.0218. The van der Waals surface area contributed by atoms with Crippen LogP contribution in [0.15, 0.2) is 0 Å². The number of carbonyl (C=O) groups excluding carboxylic acids is 8. The topological polar surface area (TPSA) is 189 Å². The minimum atomic E-state index is -0.805. The molecular formula is C32H50N2O13. The first kappa shape index (κ1) is 41.1. The second-order valence-electron chi connectivity index (χ2n) is 12.1. The van der Waals surface area contributed by atoms with E-state index in [-0.39, 0.29) is 64.6 Å². The summed E-state index contributed by atoms with van der Waals surface area (Å²) in [7, 11) is 0. The maximum Gasteiger partial charge on any atom is 0.333 e. The quantitative estimate of drug-likeness (QED) is 0.103. The van der Waals surface area contributed by atoms with E-state index < -0.39 is 58.7 Å². The van der Waals surface area contributed by atoms with E-state index in [0.29, 0.717) is 48.7 Å². The van der Waals surface area contributed by atoms with Crippen molar-refractivity contribution >= 4 is 47.5 Å². The molecule has 15 nitrogen and oxygen atoms in total. The maximum absolute atomic E-state index is 12.3. The van der Waals surface area contributed by atoms with Crippen LogP contribution in [0.4, 0.5) is 0 Å². The normalized spacial score (nSPS) is 14.9. The molecule has 15 heteroatoms. The summed E-state index contributed by atoms with van der Waals surface area (Å²) in [6.45, 7) is 11.6. The number of hydrogen-bond acceptors (Lipinski definition) is 13. The number of imide groups is 2. The third-order valence-electron chi connectivity index (χ3n) is 6.98. The zero-order chi connectivity index (χ0) is 35.6. The van der Waals surface area contributed by atoms with Crippen molar-refractivity contribution in [3.8, 4) is 0 Å². The molecule has 2 heterocycles. The summed E-state index contributed by atoms with van der Waals surface area (Å²) in [5.74, 6) is -4.46. The van der Waals surface area contributed by atoms with Gasteiger partial charge in [-0.1, -0.05) is 13.8 Å². The van der Waals surface area contributed by atoms with Gasteiger partial charge in [0.25, 0.3) is 23.6 Å². The molecule has 4 amide bonds. The molecule has 266 valence electrons. The van der Waals surface area contributed by atoms with Crippen molar-refractivity contribution in [2.45, 2.75) is 143 Å². The van der Waals surface area contributed by atoms with Gasteiger partial charge in [0.2, 0.25) is 0 Å². The lowest BCUT2D eigenvalue weighted by molar-refractivity contribution is -0.197. The molecule has 0 spiro atoms. The first-order valence-corrected chi connectivity index (χ1v) is 16.2. The molecule has 2 fully saturated rings. The Balaban J connectivity index is 0.00000541. The van der Waals surface area contributed by atoms with Gasteiger partial charge in [0.15, 0.2) is 0 Å². The van der Waals surface area contributed by atoms with Crippen LogP contribution in [-0.4, -0.2) is 82.0 Å². The molecule has 47 heavy (non-hydrogen) atoms. The molecular weight excluding hydrogens is 620 g/mol. The van der Waals surface area contributed by atoms with Crippen LogP contribution in [0.3, 0.4) is 0 Å². The van der Waals surface area contributed by atoms with Crippen LogP contribution >= 0.6 is 0 Å². The third-order valence-corrected chi connectivity index (χ3v) is 6.98. The Morgan fingerprint density at radius 2 is 0.915 bits per heavy atom. The van der Waals surface area contributed by atoms with E-state index in [1.54, 1.807) is 13.8 Å². The predicted octanol–water partition coefficient (Wildman–Crippen LogP) is 3.79. The van der Waals surface area contributed by atoms with Crippen molar-refractivity contribution in [2.24, 2.45) is 0 Å². The Labute approximate surface area is 275 Å². The Morgan fingerprint density at radius 1 is 0.553 bits per heavy atom. The van der Waals surface area contributed by atoms with Gasteiger partial charge in [-0.25, -0.2) is 9.59 Å². The van der Waals surface area contributed by atoms with Crippen LogP contribution in [0.1, 0.15) is 131 Å². The van der Waals surface area contributed by atoms with E-state index in [9.17, 15) is 38.4 Å². The lowest BCUT2D eigenvalue weighted by Gasteiger charge is -2.29. The number of hydroxylamine groups is 4. The van der Waals surface area contributed by atoms with Crippen LogP contribution in [0.5, 0.6) is 0 Å². The van der Waals surface area contributed by atoms with Crippen LogP contribution in [-0.2, 0) is 62.2 Å². The van der Waals surface area contributed by atoms with Crippen LogP contribution in [0.25, 0.3) is 0 Å². The van der Waals surface area contributed by atoms with E-state index in [4.69, 9.17) is 23.9 Å². The highest BCUT2D eigenvalue weighted by atomic mass is 16.7. The number of carbonyl (C=O) groups is 8. The van der Waals surface area contributed by atoms with Crippen molar-refractivity contribution in [1.29, 1.82) is 0 Å². The maximum atomic E-state index is 12.3. The number of rotatable bonds is 20. The Bertz CT molecular complexity index is 1100. The van der Waals surface area contributed by atoms with Crippen molar-refractivity contribution in [1.82, 2.24) is 10.1 Å². The summed E-state index contributed by atoms with van der Waals surface area (Å²) >= 11 is 0. The number of unbranched alkanes of at least 4 members (excludes halogenated alkanes) is 2. The zero-order valence-electron chi connectivity index (χ0n) is 28.5. The van der Waals surface area contributed by atoms with Crippen LogP contribution < -0.4 is 0 Å². The van der Waals surface area contributed by atoms with E-state index in [2.05, 4.69) is 0 Å². The van der Waals surface area contributed by atoms with E-state index >= 15 is 0 Å². The second kappa shape index (κ2) is 20.4. The van der Waals surface area contributed by atoms with Gasteiger partial charge in [-0.2, -0.15) is 0 Å². The summed E-state index contributed by atoms with van der Waals surface area (Å²) in [6, 6.07) is 0. The molecule has 0 unspecified atom stereocenters. The smallest absolute Gasteiger partial charge is 0.333 e. The van der Waals surface area contributed by atoms with Gasteiger partial charge in [0.05, 0.1) is 18.8 Å². The monoisotopic (exact) mass is 670 g/mol. The Hall–Kier alpha value is -3.88.